The molecule has 0 saturated carbocycles. The fourth-order valence-corrected chi connectivity index (χ4v) is 4.05. The highest BCUT2D eigenvalue weighted by atomic mass is 19.1. The standard InChI is InChI=1S/C25H20FN3O2/c1-15-3-5-16(6-4-15)22-21-23(28-27-22)25(30)29(19-11-9-18(26)10-12-19)24(21)17-7-13-20(31-2)14-8-17/h3-14,24H,1-2H3,(H,27,28). The number of carbonyl (C=O) groups excluding carboxylic acids is 1. The average molecular weight is 413 g/mol. The molecule has 1 aliphatic rings. The van der Waals surface area contributed by atoms with Gasteiger partial charge in [0.1, 0.15) is 17.3 Å². The van der Waals surface area contributed by atoms with E-state index in [1.54, 1.807) is 24.1 Å². The highest BCUT2D eigenvalue weighted by Gasteiger charge is 2.43. The zero-order chi connectivity index (χ0) is 21.5. The summed E-state index contributed by atoms with van der Waals surface area (Å²) in [6.07, 6.45) is 0. The Bertz CT molecular complexity index is 1250. The quantitative estimate of drug-likeness (QED) is 0.495. The number of nitrogens with zero attached hydrogens (tertiary/aromatic N) is 2. The number of ether oxygens (including phenoxy) is 1. The predicted molar refractivity (Wildman–Crippen MR) is 117 cm³/mol. The number of nitrogens with one attached hydrogen (secondary N) is 1. The van der Waals surface area contributed by atoms with Gasteiger partial charge in [-0.05, 0) is 48.9 Å². The number of anilines is 1. The van der Waals surface area contributed by atoms with Crippen molar-refractivity contribution in [1.29, 1.82) is 0 Å². The van der Waals surface area contributed by atoms with Crippen LogP contribution >= 0.6 is 0 Å². The van der Waals surface area contributed by atoms with Crippen molar-refractivity contribution in [2.24, 2.45) is 0 Å². The van der Waals surface area contributed by atoms with Crippen molar-refractivity contribution in [1.82, 2.24) is 10.2 Å². The molecule has 0 saturated heterocycles. The Morgan fingerprint density at radius 3 is 2.29 bits per heavy atom. The van der Waals surface area contributed by atoms with E-state index in [9.17, 15) is 9.18 Å². The molecule has 0 fully saturated rings. The van der Waals surface area contributed by atoms with Crippen LogP contribution in [0.25, 0.3) is 11.3 Å². The highest BCUT2D eigenvalue weighted by Crippen LogP contribution is 2.45. The summed E-state index contributed by atoms with van der Waals surface area (Å²) >= 11 is 0. The number of hydrogen-bond donors (Lipinski definition) is 1. The molecule has 0 radical (unpaired) electrons. The number of methoxy groups -OCH3 is 1. The molecular formula is C25H20FN3O2. The second-order valence-corrected chi connectivity index (χ2v) is 7.55. The molecule has 1 atom stereocenters. The Morgan fingerprint density at radius 1 is 0.968 bits per heavy atom. The van der Waals surface area contributed by atoms with E-state index >= 15 is 0 Å². The van der Waals surface area contributed by atoms with Gasteiger partial charge in [-0.3, -0.25) is 14.8 Å². The van der Waals surface area contributed by atoms with Crippen LogP contribution in [0.1, 0.15) is 33.2 Å². The van der Waals surface area contributed by atoms with E-state index in [1.807, 2.05) is 55.5 Å². The number of H-pyrrole nitrogens is 1. The first-order chi connectivity index (χ1) is 15.1. The average Bonchev–Trinajstić information content (AvgIpc) is 3.34. The number of aromatic amines is 1. The molecule has 5 nitrogen and oxygen atoms in total. The monoisotopic (exact) mass is 413 g/mol. The third kappa shape index (κ3) is 3.17. The Kier molecular flexibility index (Phi) is 4.55. The van der Waals surface area contributed by atoms with E-state index in [0.29, 0.717) is 11.4 Å². The minimum atomic E-state index is -0.408. The molecule has 0 aliphatic carbocycles. The molecule has 1 unspecified atom stereocenters. The van der Waals surface area contributed by atoms with Gasteiger partial charge < -0.3 is 4.74 Å². The normalized spacial score (nSPS) is 15.3. The van der Waals surface area contributed by atoms with E-state index in [0.717, 1.165) is 33.7 Å². The Morgan fingerprint density at radius 2 is 1.65 bits per heavy atom. The zero-order valence-electron chi connectivity index (χ0n) is 17.1. The van der Waals surface area contributed by atoms with Crippen molar-refractivity contribution in [3.05, 3.63) is 101 Å². The van der Waals surface area contributed by atoms with Crippen molar-refractivity contribution in [3.63, 3.8) is 0 Å². The van der Waals surface area contributed by atoms with Crippen molar-refractivity contribution >= 4 is 11.6 Å². The first-order valence-electron chi connectivity index (χ1n) is 9.95. The molecule has 31 heavy (non-hydrogen) atoms. The van der Waals surface area contributed by atoms with Gasteiger partial charge in [-0.2, -0.15) is 5.10 Å². The third-order valence-corrected chi connectivity index (χ3v) is 5.63. The topological polar surface area (TPSA) is 58.2 Å². The lowest BCUT2D eigenvalue weighted by Crippen LogP contribution is -2.29. The molecule has 1 aromatic heterocycles. The van der Waals surface area contributed by atoms with Gasteiger partial charge in [0.15, 0.2) is 0 Å². The molecule has 0 bridgehead atoms. The minimum absolute atomic E-state index is 0.201. The summed E-state index contributed by atoms with van der Waals surface area (Å²) in [5, 5.41) is 7.43. The van der Waals surface area contributed by atoms with Crippen molar-refractivity contribution in [2.75, 3.05) is 12.0 Å². The summed E-state index contributed by atoms with van der Waals surface area (Å²) in [7, 11) is 1.61. The molecule has 1 amide bonds. The molecule has 1 N–H and O–H groups in total. The molecule has 1 aliphatic heterocycles. The van der Waals surface area contributed by atoms with Gasteiger partial charge >= 0.3 is 0 Å². The van der Waals surface area contributed by atoms with Crippen LogP contribution < -0.4 is 9.64 Å². The van der Waals surface area contributed by atoms with Crippen LogP contribution in [0.3, 0.4) is 0 Å². The van der Waals surface area contributed by atoms with Gasteiger partial charge in [0.25, 0.3) is 5.91 Å². The third-order valence-electron chi connectivity index (χ3n) is 5.63. The lowest BCUT2D eigenvalue weighted by atomic mass is 9.95. The molecule has 0 spiro atoms. The number of fused-ring (bicyclic) bond motifs is 1. The van der Waals surface area contributed by atoms with Crippen molar-refractivity contribution < 1.29 is 13.9 Å². The molecule has 154 valence electrons. The van der Waals surface area contributed by atoms with E-state index < -0.39 is 6.04 Å². The largest absolute Gasteiger partial charge is 0.497 e. The maximum Gasteiger partial charge on any atom is 0.277 e. The molecule has 6 heteroatoms. The summed E-state index contributed by atoms with van der Waals surface area (Å²) < 4.78 is 18.9. The Labute approximate surface area is 179 Å². The van der Waals surface area contributed by atoms with Gasteiger partial charge in [0, 0.05) is 16.8 Å². The zero-order valence-corrected chi connectivity index (χ0v) is 17.1. The second-order valence-electron chi connectivity index (χ2n) is 7.55. The van der Waals surface area contributed by atoms with Gasteiger partial charge in [-0.15, -0.1) is 0 Å². The maximum atomic E-state index is 13.6. The van der Waals surface area contributed by atoms with Gasteiger partial charge in [-0.1, -0.05) is 42.0 Å². The van der Waals surface area contributed by atoms with Gasteiger partial charge in [0.05, 0.1) is 18.8 Å². The number of benzene rings is 3. The summed E-state index contributed by atoms with van der Waals surface area (Å²) in [4.78, 5) is 15.1. The first-order valence-corrected chi connectivity index (χ1v) is 9.95. The molecule has 2 heterocycles. The lowest BCUT2D eigenvalue weighted by molar-refractivity contribution is 0.0988. The van der Waals surface area contributed by atoms with Gasteiger partial charge in [0.2, 0.25) is 0 Å². The number of aryl methyl sites for hydroxylation is 1. The summed E-state index contributed by atoms with van der Waals surface area (Å²) in [5.74, 6) is 0.179. The molecule has 5 rings (SSSR count). The Hall–Kier alpha value is -3.93. The lowest BCUT2D eigenvalue weighted by Gasteiger charge is -2.26. The maximum absolute atomic E-state index is 13.6. The number of carbonyl (C=O) groups is 1. The van der Waals surface area contributed by atoms with Gasteiger partial charge in [-0.25, -0.2) is 4.39 Å². The number of amides is 1. The number of aromatic nitrogens is 2. The van der Waals surface area contributed by atoms with Crippen LogP contribution in [0.4, 0.5) is 10.1 Å². The van der Waals surface area contributed by atoms with Crippen LogP contribution in [0.5, 0.6) is 5.75 Å². The van der Waals surface area contributed by atoms with Crippen LogP contribution in [0.15, 0.2) is 72.8 Å². The number of rotatable bonds is 4. The first kappa shape index (κ1) is 19.1. The number of halogens is 1. The molecular weight excluding hydrogens is 393 g/mol. The number of hydrogen-bond acceptors (Lipinski definition) is 3. The summed E-state index contributed by atoms with van der Waals surface area (Å²) in [5.41, 5.74) is 5.58. The van der Waals surface area contributed by atoms with Crippen molar-refractivity contribution in [2.45, 2.75) is 13.0 Å². The predicted octanol–water partition coefficient (Wildman–Crippen LogP) is 5.28. The van der Waals surface area contributed by atoms with Crippen LogP contribution in [-0.2, 0) is 0 Å². The van der Waals surface area contributed by atoms with E-state index in [4.69, 9.17) is 4.74 Å². The fraction of sp³-hybridized carbons (Fsp3) is 0.120. The van der Waals surface area contributed by atoms with E-state index in [-0.39, 0.29) is 11.7 Å². The van der Waals surface area contributed by atoms with Crippen LogP contribution in [-0.4, -0.2) is 23.2 Å². The molecule has 4 aromatic rings. The van der Waals surface area contributed by atoms with Crippen LogP contribution in [0.2, 0.25) is 0 Å². The molecule has 3 aromatic carbocycles. The van der Waals surface area contributed by atoms with Crippen molar-refractivity contribution in [3.8, 4) is 17.0 Å². The second kappa shape index (κ2) is 7.40. The SMILES string of the molecule is COc1ccc(C2c3c(-c4ccc(C)cc4)n[nH]c3C(=O)N2c2ccc(F)cc2)cc1. The minimum Gasteiger partial charge on any atom is -0.497 e. The Balaban J connectivity index is 1.70. The van der Waals surface area contributed by atoms with E-state index in [1.165, 1.54) is 12.1 Å². The smallest absolute Gasteiger partial charge is 0.277 e. The highest BCUT2D eigenvalue weighted by molar-refractivity contribution is 6.11. The van der Waals surface area contributed by atoms with E-state index in [2.05, 4.69) is 10.2 Å². The summed E-state index contributed by atoms with van der Waals surface area (Å²) in [6, 6.07) is 21.2. The fourth-order valence-electron chi connectivity index (χ4n) is 4.05. The summed E-state index contributed by atoms with van der Waals surface area (Å²) in [6.45, 7) is 2.03. The van der Waals surface area contributed by atoms with Crippen LogP contribution in [0, 0.1) is 12.7 Å².